The summed E-state index contributed by atoms with van der Waals surface area (Å²) in [5, 5.41) is 0. The second-order valence-electron chi connectivity index (χ2n) is 7.43. The van der Waals surface area contributed by atoms with Gasteiger partial charge < -0.3 is 23.7 Å². The highest BCUT2D eigenvalue weighted by molar-refractivity contribution is 5.57. The molecule has 0 aromatic heterocycles. The first-order valence-electron chi connectivity index (χ1n) is 10.8. The Kier molecular flexibility index (Phi) is 10.3. The average molecular weight is 449 g/mol. The van der Waals surface area contributed by atoms with Gasteiger partial charge in [-0.2, -0.15) is 0 Å². The number of aldehydes is 1. The molecule has 0 aliphatic heterocycles. The van der Waals surface area contributed by atoms with Crippen LogP contribution in [0.2, 0.25) is 0 Å². The Balaban J connectivity index is 1.70. The second-order valence-corrected chi connectivity index (χ2v) is 7.43. The molecule has 0 saturated heterocycles. The quantitative estimate of drug-likeness (QED) is 0.326. The molecule has 0 radical (unpaired) electrons. The van der Waals surface area contributed by atoms with Crippen LogP contribution in [-0.2, 0) is 48.4 Å². The largest absolute Gasteiger partial charge is 0.459 e. The molecule has 0 fully saturated rings. The van der Waals surface area contributed by atoms with Crippen molar-refractivity contribution < 1.29 is 28.5 Å². The van der Waals surface area contributed by atoms with Crippen molar-refractivity contribution in [3.8, 4) is 0 Å². The number of ether oxygens (including phenoxy) is 4. The van der Waals surface area contributed by atoms with Crippen LogP contribution in [0.3, 0.4) is 0 Å². The molecule has 3 atom stereocenters. The molecule has 0 bridgehead atoms. The van der Waals surface area contributed by atoms with E-state index in [1.54, 1.807) is 0 Å². The summed E-state index contributed by atoms with van der Waals surface area (Å²) in [6, 6.07) is 28.7. The van der Waals surface area contributed by atoms with Gasteiger partial charge in [-0.3, -0.25) is 4.79 Å². The van der Waals surface area contributed by atoms with E-state index < -0.39 is 18.3 Å². The van der Waals surface area contributed by atoms with Crippen molar-refractivity contribution in [1.82, 2.24) is 0 Å². The Morgan fingerprint density at radius 2 is 1.12 bits per heavy atom. The second kappa shape index (κ2) is 14.0. The van der Waals surface area contributed by atoms with Crippen molar-refractivity contribution in [2.24, 2.45) is 0 Å². The molecule has 0 aliphatic rings. The maximum absolute atomic E-state index is 12.0. The lowest BCUT2D eigenvalue weighted by Crippen LogP contribution is -2.45. The van der Waals surface area contributed by atoms with Crippen LogP contribution in [0.15, 0.2) is 91.0 Å². The molecule has 0 amide bonds. The van der Waals surface area contributed by atoms with Crippen molar-refractivity contribution in [3.05, 3.63) is 108 Å². The van der Waals surface area contributed by atoms with Gasteiger partial charge in [-0.25, -0.2) is 0 Å². The molecule has 172 valence electrons. The Morgan fingerprint density at radius 3 is 1.61 bits per heavy atom. The van der Waals surface area contributed by atoms with Gasteiger partial charge in [0.15, 0.2) is 12.4 Å². The third-order valence-electron chi connectivity index (χ3n) is 5.02. The summed E-state index contributed by atoms with van der Waals surface area (Å²) in [6.07, 6.45) is -1.97. The normalized spacial score (nSPS) is 13.6. The lowest BCUT2D eigenvalue weighted by molar-refractivity contribution is -0.172. The van der Waals surface area contributed by atoms with Gasteiger partial charge in [0, 0.05) is 0 Å². The third-order valence-corrected chi connectivity index (χ3v) is 5.02. The highest BCUT2D eigenvalue weighted by atomic mass is 16.6. The molecule has 3 aromatic rings. The summed E-state index contributed by atoms with van der Waals surface area (Å²) < 4.78 is 23.0. The highest BCUT2D eigenvalue weighted by Gasteiger charge is 2.33. The van der Waals surface area contributed by atoms with Crippen molar-refractivity contribution in [2.45, 2.75) is 38.1 Å². The molecule has 0 N–H and O–H groups in total. The van der Waals surface area contributed by atoms with Crippen LogP contribution < -0.4 is 0 Å². The number of hydrogen-bond acceptors (Lipinski definition) is 6. The summed E-state index contributed by atoms with van der Waals surface area (Å²) in [4.78, 5) is 23.2. The maximum Gasteiger partial charge on any atom is 0.293 e. The molecule has 0 unspecified atom stereocenters. The van der Waals surface area contributed by atoms with Crippen LogP contribution in [-0.4, -0.2) is 37.7 Å². The van der Waals surface area contributed by atoms with Gasteiger partial charge in [-0.05, 0) is 16.7 Å². The van der Waals surface area contributed by atoms with E-state index in [1.807, 2.05) is 91.0 Å². The molecule has 0 heterocycles. The van der Waals surface area contributed by atoms with E-state index in [1.165, 1.54) is 0 Å². The van der Waals surface area contributed by atoms with Crippen molar-refractivity contribution in [1.29, 1.82) is 0 Å². The zero-order valence-corrected chi connectivity index (χ0v) is 18.3. The van der Waals surface area contributed by atoms with Crippen molar-refractivity contribution in [2.75, 3.05) is 6.61 Å². The van der Waals surface area contributed by atoms with Crippen LogP contribution in [0.1, 0.15) is 16.7 Å². The minimum absolute atomic E-state index is 0.0477. The number of carbonyl (C=O) groups excluding carboxylic acids is 2. The first kappa shape index (κ1) is 24.3. The van der Waals surface area contributed by atoms with Gasteiger partial charge >= 0.3 is 0 Å². The number of rotatable bonds is 15. The molecule has 6 heteroatoms. The van der Waals surface area contributed by atoms with Gasteiger partial charge in [0.05, 0.1) is 26.4 Å². The molecule has 6 nitrogen and oxygen atoms in total. The fraction of sp³-hybridized carbons (Fsp3) is 0.259. The molecule has 3 rings (SSSR count). The zero-order chi connectivity index (χ0) is 23.1. The third kappa shape index (κ3) is 8.27. The van der Waals surface area contributed by atoms with E-state index >= 15 is 0 Å². The van der Waals surface area contributed by atoms with Crippen LogP contribution in [0.4, 0.5) is 0 Å². The zero-order valence-electron chi connectivity index (χ0n) is 18.3. The van der Waals surface area contributed by atoms with Gasteiger partial charge in [0.1, 0.15) is 12.2 Å². The average Bonchev–Trinajstić information content (AvgIpc) is 2.87. The first-order chi connectivity index (χ1) is 16.3. The number of hydrogen-bond donors (Lipinski definition) is 0. The first-order valence-corrected chi connectivity index (χ1v) is 10.8. The van der Waals surface area contributed by atoms with Gasteiger partial charge in [0.25, 0.3) is 6.47 Å². The van der Waals surface area contributed by atoms with Gasteiger partial charge in [-0.15, -0.1) is 0 Å². The summed E-state index contributed by atoms with van der Waals surface area (Å²) >= 11 is 0. The van der Waals surface area contributed by atoms with Crippen LogP contribution in [0.25, 0.3) is 0 Å². The van der Waals surface area contributed by atoms with Gasteiger partial charge in [-0.1, -0.05) is 91.0 Å². The highest BCUT2D eigenvalue weighted by Crippen LogP contribution is 2.17. The van der Waals surface area contributed by atoms with E-state index in [-0.39, 0.29) is 19.8 Å². The standard InChI is InChI=1S/C27H28O6/c28-16-25(31-18-23-12-6-2-7-13-23)27(32-19-24-14-8-3-9-15-24)26(33-21-29)20-30-17-22-10-4-1-5-11-22/h1-16,21,25-27H,17-20H2/t25-,26-,27-/m1/s1. The number of carbonyl (C=O) groups is 2. The van der Waals surface area contributed by atoms with E-state index in [0.29, 0.717) is 19.4 Å². The molecule has 33 heavy (non-hydrogen) atoms. The molecule has 0 aliphatic carbocycles. The molecular formula is C27H28O6. The van der Waals surface area contributed by atoms with E-state index in [2.05, 4.69) is 0 Å². The monoisotopic (exact) mass is 448 g/mol. The summed E-state index contributed by atoms with van der Waals surface area (Å²) in [7, 11) is 0. The maximum atomic E-state index is 12.0. The van der Waals surface area contributed by atoms with Crippen LogP contribution in [0, 0.1) is 0 Å². The Hall–Kier alpha value is -3.32. The summed E-state index contributed by atoms with van der Waals surface area (Å²) in [5.74, 6) is 0. The minimum atomic E-state index is -0.959. The molecular weight excluding hydrogens is 420 g/mol. The number of benzene rings is 3. The van der Waals surface area contributed by atoms with Crippen LogP contribution in [0.5, 0.6) is 0 Å². The van der Waals surface area contributed by atoms with Crippen molar-refractivity contribution >= 4 is 12.8 Å². The van der Waals surface area contributed by atoms with E-state index in [0.717, 1.165) is 16.7 Å². The Morgan fingerprint density at radius 1 is 0.636 bits per heavy atom. The predicted octanol–water partition coefficient (Wildman–Crippen LogP) is 4.11. The molecule has 0 saturated carbocycles. The smallest absolute Gasteiger partial charge is 0.293 e. The minimum Gasteiger partial charge on any atom is -0.459 e. The SMILES string of the molecule is O=CO[C@H](COCc1ccccc1)[C@H](OCc1ccccc1)[C@@H](C=O)OCc1ccccc1. The Bertz CT molecular complexity index is 933. The fourth-order valence-corrected chi connectivity index (χ4v) is 3.31. The van der Waals surface area contributed by atoms with Crippen LogP contribution >= 0.6 is 0 Å². The summed E-state index contributed by atoms with van der Waals surface area (Å²) in [5.41, 5.74) is 2.82. The lowest BCUT2D eigenvalue weighted by Gasteiger charge is -2.30. The molecule has 0 spiro atoms. The fourth-order valence-electron chi connectivity index (χ4n) is 3.31. The van der Waals surface area contributed by atoms with Crippen molar-refractivity contribution in [3.63, 3.8) is 0 Å². The Labute approximate surface area is 194 Å². The van der Waals surface area contributed by atoms with Gasteiger partial charge in [0.2, 0.25) is 0 Å². The summed E-state index contributed by atoms with van der Waals surface area (Å²) in [6.45, 7) is 1.16. The van der Waals surface area contributed by atoms with E-state index in [4.69, 9.17) is 18.9 Å². The predicted molar refractivity (Wildman–Crippen MR) is 123 cm³/mol. The van der Waals surface area contributed by atoms with E-state index in [9.17, 15) is 9.59 Å². The molecule has 3 aromatic carbocycles. The lowest BCUT2D eigenvalue weighted by atomic mass is 10.1. The topological polar surface area (TPSA) is 71.1 Å².